The van der Waals surface area contributed by atoms with E-state index in [1.807, 2.05) is 12.1 Å². The molecule has 5 heteroatoms. The van der Waals surface area contributed by atoms with Crippen molar-refractivity contribution in [2.75, 3.05) is 18.8 Å². The molecule has 0 amide bonds. The molecule has 2 nitrogen and oxygen atoms in total. The van der Waals surface area contributed by atoms with Crippen molar-refractivity contribution in [1.82, 2.24) is 4.90 Å². The predicted octanol–water partition coefficient (Wildman–Crippen LogP) is 5.07. The molecule has 0 saturated carbocycles. The lowest BCUT2D eigenvalue weighted by atomic mass is 9.88. The molecule has 2 aliphatic heterocycles. The van der Waals surface area contributed by atoms with Gasteiger partial charge in [0.2, 0.25) is 0 Å². The van der Waals surface area contributed by atoms with Crippen LogP contribution >= 0.6 is 11.9 Å². The largest absolute Gasteiger partial charge is 0.358 e. The van der Waals surface area contributed by atoms with Crippen LogP contribution in [0.2, 0.25) is 0 Å². The third-order valence-electron chi connectivity index (χ3n) is 4.98. The van der Waals surface area contributed by atoms with Gasteiger partial charge in [0.1, 0.15) is 5.84 Å². The van der Waals surface area contributed by atoms with E-state index in [2.05, 4.69) is 9.30 Å². The molecule has 130 valence electrons. The van der Waals surface area contributed by atoms with Gasteiger partial charge in [0.05, 0.1) is 0 Å². The van der Waals surface area contributed by atoms with Crippen molar-refractivity contribution in [2.45, 2.75) is 24.7 Å². The zero-order chi connectivity index (χ0) is 17.3. The minimum atomic E-state index is -2.98. The molecule has 0 N–H and O–H groups in total. The quantitative estimate of drug-likeness (QED) is 0.712. The minimum Gasteiger partial charge on any atom is -0.358 e. The van der Waals surface area contributed by atoms with E-state index in [9.17, 15) is 8.78 Å². The van der Waals surface area contributed by atoms with E-state index >= 15 is 0 Å². The Morgan fingerprint density at radius 3 is 2.44 bits per heavy atom. The number of amidine groups is 1. The molecule has 2 aromatic rings. The fraction of sp³-hybridized carbons (Fsp3) is 0.350. The lowest BCUT2D eigenvalue weighted by molar-refractivity contribution is 0.0428. The first-order chi connectivity index (χ1) is 12.2. The second-order valence-corrected chi connectivity index (χ2v) is 7.38. The Labute approximate surface area is 151 Å². The van der Waals surface area contributed by atoms with Crippen molar-refractivity contribution in [3.8, 4) is 0 Å². The molecule has 0 aliphatic carbocycles. The maximum absolute atomic E-state index is 14.7. The van der Waals surface area contributed by atoms with E-state index < -0.39 is 5.92 Å². The van der Waals surface area contributed by atoms with E-state index in [-0.39, 0.29) is 17.0 Å². The Morgan fingerprint density at radius 1 is 0.960 bits per heavy atom. The van der Waals surface area contributed by atoms with Crippen molar-refractivity contribution in [3.63, 3.8) is 0 Å². The van der Waals surface area contributed by atoms with Gasteiger partial charge in [0.15, 0.2) is 0 Å². The maximum Gasteiger partial charge on any atom is 0.298 e. The molecule has 1 atom stereocenters. The molecule has 2 heterocycles. The van der Waals surface area contributed by atoms with Crippen LogP contribution in [0.5, 0.6) is 0 Å². The van der Waals surface area contributed by atoms with Gasteiger partial charge in [-0.2, -0.15) is 8.78 Å². The van der Waals surface area contributed by atoms with Crippen molar-refractivity contribution in [3.05, 3.63) is 71.3 Å². The summed E-state index contributed by atoms with van der Waals surface area (Å²) in [6.07, 6.45) is 2.15. The highest BCUT2D eigenvalue weighted by Crippen LogP contribution is 2.37. The molecule has 2 aromatic carbocycles. The molecular weight excluding hydrogens is 338 g/mol. The van der Waals surface area contributed by atoms with Crippen LogP contribution in [0.1, 0.15) is 35.4 Å². The second-order valence-electron chi connectivity index (χ2n) is 6.53. The summed E-state index contributed by atoms with van der Waals surface area (Å²) in [5, 5.41) is 0. The monoisotopic (exact) mass is 358 g/mol. The van der Waals surface area contributed by atoms with Gasteiger partial charge >= 0.3 is 0 Å². The summed E-state index contributed by atoms with van der Waals surface area (Å²) in [6.45, 7) is 2.09. The first-order valence-corrected chi connectivity index (χ1v) is 9.59. The average Bonchev–Trinajstić information content (AvgIpc) is 2.68. The van der Waals surface area contributed by atoms with Crippen molar-refractivity contribution < 1.29 is 8.78 Å². The topological polar surface area (TPSA) is 15.6 Å². The van der Waals surface area contributed by atoms with Crippen LogP contribution < -0.4 is 0 Å². The van der Waals surface area contributed by atoms with E-state index in [4.69, 9.17) is 0 Å². The highest BCUT2D eigenvalue weighted by Gasteiger charge is 2.34. The highest BCUT2D eigenvalue weighted by atomic mass is 32.2. The number of fused-ring (bicyclic) bond motifs is 1. The zero-order valence-corrected chi connectivity index (χ0v) is 14.7. The maximum atomic E-state index is 14.7. The summed E-state index contributed by atoms with van der Waals surface area (Å²) in [4.78, 5) is 2.34. The van der Waals surface area contributed by atoms with Gasteiger partial charge in [-0.1, -0.05) is 54.6 Å². The Hall–Kier alpha value is -1.88. The number of benzene rings is 2. The lowest BCUT2D eigenvalue weighted by Crippen LogP contribution is -2.43. The SMILES string of the molecule is FC(F)(c1ccccc1)c1ccc(C2CCCN3CCSN=C23)cc1. The van der Waals surface area contributed by atoms with Gasteiger partial charge in [-0.3, -0.25) is 0 Å². The molecule has 4 rings (SSSR count). The van der Waals surface area contributed by atoms with E-state index in [0.29, 0.717) is 0 Å². The van der Waals surface area contributed by atoms with E-state index in [1.165, 1.54) is 12.1 Å². The predicted molar refractivity (Wildman–Crippen MR) is 99.3 cm³/mol. The highest BCUT2D eigenvalue weighted by molar-refractivity contribution is 7.98. The minimum absolute atomic E-state index is 0.0275. The van der Waals surface area contributed by atoms with Crippen molar-refractivity contribution >= 4 is 17.8 Å². The van der Waals surface area contributed by atoms with Crippen LogP contribution in [0.15, 0.2) is 59.0 Å². The first-order valence-electron chi connectivity index (χ1n) is 8.65. The Morgan fingerprint density at radius 2 is 1.68 bits per heavy atom. The van der Waals surface area contributed by atoms with E-state index in [0.717, 1.165) is 43.1 Å². The smallest absolute Gasteiger partial charge is 0.298 e. The van der Waals surface area contributed by atoms with Gasteiger partial charge in [-0.25, -0.2) is 4.40 Å². The van der Waals surface area contributed by atoms with Gasteiger partial charge in [-0.05, 0) is 30.4 Å². The summed E-state index contributed by atoms with van der Waals surface area (Å²) in [7, 11) is 0. The second kappa shape index (κ2) is 6.79. The van der Waals surface area contributed by atoms with Crippen LogP contribution in [-0.2, 0) is 5.92 Å². The molecule has 1 unspecified atom stereocenters. The third kappa shape index (κ3) is 3.17. The third-order valence-corrected chi connectivity index (χ3v) is 5.66. The number of alkyl halides is 2. The molecular formula is C20H20F2N2S. The van der Waals surface area contributed by atoms with Gasteiger partial charge in [0.25, 0.3) is 5.92 Å². The molecule has 25 heavy (non-hydrogen) atoms. The first kappa shape index (κ1) is 16.6. The summed E-state index contributed by atoms with van der Waals surface area (Å²) in [6, 6.07) is 14.8. The molecule has 1 fully saturated rings. The molecule has 1 saturated heterocycles. The molecule has 0 spiro atoms. The number of hydrogen-bond acceptors (Lipinski definition) is 3. The number of rotatable bonds is 3. The Balaban J connectivity index is 1.61. The van der Waals surface area contributed by atoms with Gasteiger partial charge in [-0.15, -0.1) is 0 Å². The van der Waals surface area contributed by atoms with Crippen LogP contribution in [0.4, 0.5) is 8.78 Å². The van der Waals surface area contributed by atoms with Crippen LogP contribution in [0.25, 0.3) is 0 Å². The number of nitrogens with zero attached hydrogens (tertiary/aromatic N) is 2. The van der Waals surface area contributed by atoms with Crippen LogP contribution in [0, 0.1) is 0 Å². The summed E-state index contributed by atoms with van der Waals surface area (Å²) in [5.41, 5.74) is 1.15. The molecule has 0 radical (unpaired) electrons. The fourth-order valence-corrected chi connectivity index (χ4v) is 4.38. The number of hydrogen-bond donors (Lipinski definition) is 0. The molecule has 0 bridgehead atoms. The lowest BCUT2D eigenvalue weighted by Gasteiger charge is -2.37. The van der Waals surface area contributed by atoms with Crippen LogP contribution in [-0.4, -0.2) is 29.6 Å². The van der Waals surface area contributed by atoms with Crippen molar-refractivity contribution in [1.29, 1.82) is 0 Å². The van der Waals surface area contributed by atoms with Crippen molar-refractivity contribution in [2.24, 2.45) is 4.40 Å². The molecule has 2 aliphatic rings. The van der Waals surface area contributed by atoms with Gasteiger partial charge < -0.3 is 4.90 Å². The summed E-state index contributed by atoms with van der Waals surface area (Å²) >= 11 is 1.61. The average molecular weight is 358 g/mol. The normalized spacial score (nSPS) is 20.8. The summed E-state index contributed by atoms with van der Waals surface area (Å²) < 4.78 is 34.0. The number of piperidine rings is 1. The summed E-state index contributed by atoms with van der Waals surface area (Å²) in [5.74, 6) is -0.610. The standard InChI is InChI=1S/C20H20F2N2S/c21-20(22,16-5-2-1-3-6-16)17-10-8-15(9-11-17)18-7-4-12-24-13-14-25-23-19(18)24/h1-3,5-6,8-11,18H,4,7,12-14H2. The van der Waals surface area contributed by atoms with Gasteiger partial charge in [0, 0.05) is 35.9 Å². The zero-order valence-electron chi connectivity index (χ0n) is 13.9. The van der Waals surface area contributed by atoms with Crippen LogP contribution in [0.3, 0.4) is 0 Å². The fourth-order valence-electron chi connectivity index (χ4n) is 3.62. The Bertz CT molecular complexity index is 759. The molecule has 0 aromatic heterocycles. The van der Waals surface area contributed by atoms with E-state index in [1.54, 1.807) is 42.3 Å². The number of halogens is 2. The Kier molecular flexibility index (Phi) is 4.50.